The summed E-state index contributed by atoms with van der Waals surface area (Å²) in [4.78, 5) is 16.6. The van der Waals surface area contributed by atoms with Gasteiger partial charge in [-0.3, -0.25) is 4.79 Å². The van der Waals surface area contributed by atoms with Gasteiger partial charge in [-0.05, 0) is 50.3 Å². The number of carbonyl (C=O) groups is 1. The minimum Gasteiger partial charge on any atom is -0.508 e. The van der Waals surface area contributed by atoms with Crippen LogP contribution in [0.1, 0.15) is 43.5 Å². The first-order valence-corrected chi connectivity index (χ1v) is 12.1. The van der Waals surface area contributed by atoms with E-state index in [4.69, 9.17) is 4.74 Å². The van der Waals surface area contributed by atoms with Gasteiger partial charge in [0.05, 0.1) is 18.2 Å². The van der Waals surface area contributed by atoms with E-state index in [0.717, 1.165) is 17.5 Å². The molecule has 0 spiro atoms. The summed E-state index contributed by atoms with van der Waals surface area (Å²) >= 11 is 1.70. The molecule has 0 bridgehead atoms. The van der Waals surface area contributed by atoms with Crippen LogP contribution in [0.3, 0.4) is 0 Å². The molecule has 0 saturated carbocycles. The van der Waals surface area contributed by atoms with Crippen molar-refractivity contribution in [3.8, 4) is 5.75 Å². The Hall–Kier alpha value is -2.06. The molecule has 4 unspecified atom stereocenters. The molecular weight excluding hydrogens is 410 g/mol. The maximum absolute atomic E-state index is 13.4. The van der Waals surface area contributed by atoms with E-state index in [0.29, 0.717) is 13.2 Å². The van der Waals surface area contributed by atoms with Crippen LogP contribution < -0.4 is 10.9 Å². The largest absolute Gasteiger partial charge is 0.508 e. The molecule has 7 heteroatoms. The van der Waals surface area contributed by atoms with Crippen LogP contribution in [0.5, 0.6) is 5.75 Å². The lowest BCUT2D eigenvalue weighted by atomic mass is 9.83. The van der Waals surface area contributed by atoms with Crippen LogP contribution >= 0.6 is 11.8 Å². The maximum Gasteiger partial charge on any atom is 0.242 e. The number of fused-ring (bicyclic) bond motifs is 1. The number of phenolic OH excluding ortho intramolecular Hbond substituents is 1. The monoisotopic (exact) mass is 441 g/mol. The molecule has 2 heterocycles. The van der Waals surface area contributed by atoms with Gasteiger partial charge in [0.1, 0.15) is 11.8 Å². The number of carbonyl (C=O) groups excluding carboxylic acids is 1. The Morgan fingerprint density at radius 3 is 2.48 bits per heavy atom. The van der Waals surface area contributed by atoms with Gasteiger partial charge in [0.2, 0.25) is 5.91 Å². The lowest BCUT2D eigenvalue weighted by Gasteiger charge is -2.31. The molecule has 0 radical (unpaired) electrons. The predicted octanol–water partition coefficient (Wildman–Crippen LogP) is 3.65. The smallest absolute Gasteiger partial charge is 0.242 e. The zero-order valence-corrected chi connectivity index (χ0v) is 19.1. The first kappa shape index (κ1) is 22.1. The number of amides is 1. The Morgan fingerprint density at radius 2 is 1.81 bits per heavy atom. The van der Waals surface area contributed by atoms with Gasteiger partial charge >= 0.3 is 0 Å². The molecule has 1 amide bonds. The third kappa shape index (κ3) is 4.46. The highest BCUT2D eigenvalue weighted by Crippen LogP contribution is 2.48. The highest BCUT2D eigenvalue weighted by molar-refractivity contribution is 7.98. The first-order valence-electron chi connectivity index (χ1n) is 10.9. The van der Waals surface area contributed by atoms with E-state index in [-0.39, 0.29) is 41.8 Å². The van der Waals surface area contributed by atoms with E-state index in [1.165, 1.54) is 4.90 Å². The number of benzene rings is 2. The number of para-hydroxylation sites is 1. The van der Waals surface area contributed by atoms with Gasteiger partial charge in [0.25, 0.3) is 0 Å². The van der Waals surface area contributed by atoms with Crippen LogP contribution in [0.2, 0.25) is 0 Å². The zero-order chi connectivity index (χ0) is 22.0. The number of rotatable bonds is 8. The minimum absolute atomic E-state index is 0.0352. The second-order valence-electron chi connectivity index (χ2n) is 8.40. The van der Waals surface area contributed by atoms with Crippen molar-refractivity contribution >= 4 is 17.7 Å². The summed E-state index contributed by atoms with van der Waals surface area (Å²) in [5.41, 5.74) is 8.43. The van der Waals surface area contributed by atoms with Gasteiger partial charge in [-0.2, -0.15) is 0 Å². The number of hydrogen-bond acceptors (Lipinski definition) is 6. The lowest BCUT2D eigenvalue weighted by Crippen LogP contribution is -2.41. The van der Waals surface area contributed by atoms with E-state index in [1.54, 1.807) is 17.8 Å². The quantitative estimate of drug-likeness (QED) is 0.429. The lowest BCUT2D eigenvalue weighted by molar-refractivity contribution is -0.131. The van der Waals surface area contributed by atoms with Gasteiger partial charge in [-0.1, -0.05) is 30.3 Å². The minimum atomic E-state index is -0.333. The highest BCUT2D eigenvalue weighted by Gasteiger charge is 2.55. The van der Waals surface area contributed by atoms with Crippen LogP contribution in [0.15, 0.2) is 53.4 Å². The molecule has 2 aliphatic heterocycles. The third-order valence-corrected chi connectivity index (χ3v) is 6.88. The van der Waals surface area contributed by atoms with Crippen molar-refractivity contribution in [2.75, 3.05) is 19.4 Å². The highest BCUT2D eigenvalue weighted by atomic mass is 32.2. The van der Waals surface area contributed by atoms with E-state index in [9.17, 15) is 9.90 Å². The second-order valence-corrected chi connectivity index (χ2v) is 9.28. The predicted molar refractivity (Wildman–Crippen MR) is 123 cm³/mol. The first-order chi connectivity index (χ1) is 15.0. The second kappa shape index (κ2) is 9.61. The fourth-order valence-corrected chi connectivity index (χ4v) is 5.13. The summed E-state index contributed by atoms with van der Waals surface area (Å²) in [5.74, 6) is 0.307. The molecule has 3 N–H and O–H groups in total. The van der Waals surface area contributed by atoms with Crippen LogP contribution in [0.25, 0.3) is 0 Å². The van der Waals surface area contributed by atoms with Crippen molar-refractivity contribution in [3.63, 3.8) is 0 Å². The molecule has 2 aliphatic rings. The van der Waals surface area contributed by atoms with Crippen molar-refractivity contribution in [3.05, 3.63) is 59.7 Å². The topological polar surface area (TPSA) is 73.8 Å². The summed E-state index contributed by atoms with van der Waals surface area (Å²) in [7, 11) is 0. The molecule has 0 aromatic heterocycles. The maximum atomic E-state index is 13.4. The number of likely N-dealkylation sites (tertiary alicyclic amines) is 1. The Morgan fingerprint density at radius 1 is 1.10 bits per heavy atom. The van der Waals surface area contributed by atoms with E-state index in [1.807, 2.05) is 36.9 Å². The number of hydrogen-bond donors (Lipinski definition) is 3. The van der Waals surface area contributed by atoms with E-state index in [2.05, 4.69) is 41.4 Å². The van der Waals surface area contributed by atoms with E-state index < -0.39 is 0 Å². The number of ether oxygens (including phenoxy) is 1. The summed E-state index contributed by atoms with van der Waals surface area (Å²) in [5, 5.41) is 10.5. The number of aromatic hydroxyl groups is 1. The Kier molecular flexibility index (Phi) is 6.86. The van der Waals surface area contributed by atoms with E-state index >= 15 is 0 Å². The van der Waals surface area contributed by atoms with Gasteiger partial charge in [-0.25, -0.2) is 10.9 Å². The number of hydrazine groups is 1. The average molecular weight is 442 g/mol. The fraction of sp³-hybridized carbons (Fsp3) is 0.458. The molecular formula is C24H31N3O3S. The molecule has 166 valence electrons. The van der Waals surface area contributed by atoms with Gasteiger partial charge in [0, 0.05) is 29.5 Å². The van der Waals surface area contributed by atoms with Crippen molar-refractivity contribution in [1.82, 2.24) is 15.8 Å². The molecule has 2 aromatic rings. The van der Waals surface area contributed by atoms with Gasteiger partial charge in [-0.15, -0.1) is 11.8 Å². The van der Waals surface area contributed by atoms with Crippen LogP contribution in [-0.2, 0) is 9.53 Å². The molecule has 2 aromatic carbocycles. The van der Waals surface area contributed by atoms with Crippen molar-refractivity contribution in [1.29, 1.82) is 0 Å². The number of nitrogens with zero attached hydrogens (tertiary/aromatic N) is 1. The molecule has 4 atom stereocenters. The fourth-order valence-electron chi connectivity index (χ4n) is 4.72. The normalized spacial score (nSPS) is 25.4. The number of thioether (sulfide) groups is 1. The van der Waals surface area contributed by atoms with Crippen LogP contribution in [0.4, 0.5) is 0 Å². The van der Waals surface area contributed by atoms with Gasteiger partial charge < -0.3 is 14.7 Å². The Bertz CT molecular complexity index is 905. The Balaban J connectivity index is 1.66. The molecule has 31 heavy (non-hydrogen) atoms. The summed E-state index contributed by atoms with van der Waals surface area (Å²) in [6, 6.07) is 15.3. The number of phenols is 1. The molecule has 4 rings (SSSR count). The SMILES string of the molecule is CSc1ccc(C2C3C(NNC3c3ccccc3O)C(=O)N2CCCOC(C)C)cc1. The van der Waals surface area contributed by atoms with Crippen LogP contribution in [-0.4, -0.2) is 47.5 Å². The molecule has 6 nitrogen and oxygen atoms in total. The third-order valence-electron chi connectivity index (χ3n) is 6.14. The van der Waals surface area contributed by atoms with Crippen molar-refractivity contribution in [2.24, 2.45) is 5.92 Å². The van der Waals surface area contributed by atoms with Crippen molar-refractivity contribution in [2.45, 2.75) is 49.4 Å². The summed E-state index contributed by atoms with van der Waals surface area (Å²) < 4.78 is 5.71. The zero-order valence-electron chi connectivity index (χ0n) is 18.2. The Labute approximate surface area is 188 Å². The summed E-state index contributed by atoms with van der Waals surface area (Å²) in [6.45, 7) is 5.31. The molecule has 0 aliphatic carbocycles. The standard InChI is InChI=1S/C24H31N3O3S/c1-15(2)30-14-6-13-27-23(16-9-11-17(31-3)12-10-16)20-21(25-26-22(20)24(27)29)18-7-4-5-8-19(18)28/h4-5,7-12,15,20-23,25-26,28H,6,13-14H2,1-3H3. The van der Waals surface area contributed by atoms with Gasteiger partial charge in [0.15, 0.2) is 0 Å². The summed E-state index contributed by atoms with van der Waals surface area (Å²) in [6.07, 6.45) is 3.03. The molecule has 2 fully saturated rings. The molecule has 2 saturated heterocycles. The van der Waals surface area contributed by atoms with Crippen molar-refractivity contribution < 1.29 is 14.6 Å². The average Bonchev–Trinajstić information content (AvgIpc) is 3.31. The number of nitrogens with one attached hydrogen (secondary N) is 2. The van der Waals surface area contributed by atoms with Crippen LogP contribution in [0, 0.1) is 5.92 Å².